The normalized spacial score (nSPS) is 23.2. The number of Topliss-reactive ketones (excluding diaryl/α,β-unsaturated/α-hetero) is 1. The van der Waals surface area contributed by atoms with Gasteiger partial charge < -0.3 is 4.74 Å². The van der Waals surface area contributed by atoms with E-state index in [2.05, 4.69) is 12.1 Å². The van der Waals surface area contributed by atoms with Gasteiger partial charge >= 0.3 is 0 Å². The first-order valence-corrected chi connectivity index (χ1v) is 9.88. The fourth-order valence-electron chi connectivity index (χ4n) is 3.39. The summed E-state index contributed by atoms with van der Waals surface area (Å²) in [7, 11) is 1.89. The molecule has 1 aliphatic heterocycles. The maximum absolute atomic E-state index is 12.8. The highest BCUT2D eigenvalue weighted by molar-refractivity contribution is 7.99. The molecule has 1 heterocycles. The first-order chi connectivity index (χ1) is 12.7. The third-order valence-corrected chi connectivity index (χ3v) is 5.54. The van der Waals surface area contributed by atoms with Crippen LogP contribution in [0.5, 0.6) is 0 Å². The van der Waals surface area contributed by atoms with Crippen LogP contribution >= 0.6 is 11.8 Å². The van der Waals surface area contributed by atoms with Gasteiger partial charge in [0.2, 0.25) is 0 Å². The lowest BCUT2D eigenvalue weighted by atomic mass is 9.87. The largest absolute Gasteiger partial charge is 0.373 e. The third kappa shape index (κ3) is 4.74. The van der Waals surface area contributed by atoms with Crippen molar-refractivity contribution in [1.29, 1.82) is 0 Å². The predicted octanol–water partition coefficient (Wildman–Crippen LogP) is 3.99. The Morgan fingerprint density at radius 2 is 1.77 bits per heavy atom. The van der Waals surface area contributed by atoms with E-state index < -0.39 is 0 Å². The van der Waals surface area contributed by atoms with Gasteiger partial charge in [-0.3, -0.25) is 9.63 Å². The molecule has 0 saturated carbocycles. The topological polar surface area (TPSA) is 38.8 Å². The first kappa shape index (κ1) is 19.1. The van der Waals surface area contributed by atoms with Crippen LogP contribution in [-0.2, 0) is 14.4 Å². The second kappa shape index (κ2) is 9.33. The van der Waals surface area contributed by atoms with E-state index >= 15 is 0 Å². The zero-order chi connectivity index (χ0) is 18.4. The number of thioether (sulfide) groups is 1. The van der Waals surface area contributed by atoms with Gasteiger partial charge in [0, 0.05) is 17.7 Å². The van der Waals surface area contributed by atoms with Crippen molar-refractivity contribution in [2.45, 2.75) is 24.0 Å². The molecule has 2 aromatic rings. The minimum absolute atomic E-state index is 0.0685. The van der Waals surface area contributed by atoms with Crippen LogP contribution in [0.25, 0.3) is 0 Å². The van der Waals surface area contributed by atoms with E-state index in [0.29, 0.717) is 6.61 Å². The second-order valence-electron chi connectivity index (χ2n) is 6.42. The molecule has 3 rings (SSSR count). The van der Waals surface area contributed by atoms with Crippen LogP contribution in [0.4, 0.5) is 0 Å². The van der Waals surface area contributed by atoms with Crippen molar-refractivity contribution in [2.24, 2.45) is 5.92 Å². The molecular formula is C21H25NO3S. The molecule has 3 atom stereocenters. The van der Waals surface area contributed by atoms with Crippen molar-refractivity contribution in [3.63, 3.8) is 0 Å². The van der Waals surface area contributed by atoms with Gasteiger partial charge in [-0.1, -0.05) is 48.5 Å². The van der Waals surface area contributed by atoms with Gasteiger partial charge in [-0.2, -0.15) is 5.06 Å². The summed E-state index contributed by atoms with van der Waals surface area (Å²) in [5, 5.41) is 1.80. The highest BCUT2D eigenvalue weighted by Crippen LogP contribution is 2.38. The van der Waals surface area contributed by atoms with Crippen molar-refractivity contribution >= 4 is 17.5 Å². The van der Waals surface area contributed by atoms with Crippen molar-refractivity contribution in [2.75, 3.05) is 26.0 Å². The molecule has 4 nitrogen and oxygen atoms in total. The Balaban J connectivity index is 1.51. The van der Waals surface area contributed by atoms with Crippen LogP contribution in [0.1, 0.15) is 18.5 Å². The number of nitrogens with zero attached hydrogens (tertiary/aromatic N) is 1. The zero-order valence-corrected chi connectivity index (χ0v) is 16.0. The Morgan fingerprint density at radius 3 is 2.46 bits per heavy atom. The standard InChI is InChI=1S/C21H25NO3S/c1-16-20(21(22(2)25-16)17-9-5-3-6-10-17)19(23)15-24-13-14-26-18-11-7-4-8-12-18/h3-12,16,20-21H,13-15H2,1-2H3/t16-,20+,21+/m1/s1. The Kier molecular flexibility index (Phi) is 6.86. The van der Waals surface area contributed by atoms with Crippen LogP contribution in [0.2, 0.25) is 0 Å². The van der Waals surface area contributed by atoms with Gasteiger partial charge in [0.1, 0.15) is 6.61 Å². The van der Waals surface area contributed by atoms with Crippen LogP contribution in [0, 0.1) is 5.92 Å². The van der Waals surface area contributed by atoms with Gasteiger partial charge in [0.15, 0.2) is 5.78 Å². The lowest BCUT2D eigenvalue weighted by Crippen LogP contribution is -2.31. The van der Waals surface area contributed by atoms with Crippen LogP contribution in [-0.4, -0.2) is 43.0 Å². The number of rotatable bonds is 8. The van der Waals surface area contributed by atoms with Gasteiger partial charge in [-0.25, -0.2) is 0 Å². The zero-order valence-electron chi connectivity index (χ0n) is 15.2. The molecular weight excluding hydrogens is 346 g/mol. The molecule has 0 spiro atoms. The fraction of sp³-hybridized carbons (Fsp3) is 0.381. The molecule has 0 aromatic heterocycles. The average molecular weight is 372 g/mol. The molecule has 0 bridgehead atoms. The Morgan fingerprint density at radius 1 is 1.12 bits per heavy atom. The number of ketones is 1. The summed E-state index contributed by atoms with van der Waals surface area (Å²) < 4.78 is 5.65. The molecule has 0 aliphatic carbocycles. The highest BCUT2D eigenvalue weighted by atomic mass is 32.2. The smallest absolute Gasteiger partial charge is 0.166 e. The maximum Gasteiger partial charge on any atom is 0.166 e. The minimum Gasteiger partial charge on any atom is -0.373 e. The van der Waals surface area contributed by atoms with E-state index in [-0.39, 0.29) is 30.5 Å². The van der Waals surface area contributed by atoms with Crippen molar-refractivity contribution < 1.29 is 14.4 Å². The average Bonchev–Trinajstić information content (AvgIpc) is 2.97. The summed E-state index contributed by atoms with van der Waals surface area (Å²) in [6, 6.07) is 20.2. The summed E-state index contributed by atoms with van der Waals surface area (Å²) in [4.78, 5) is 19.8. The number of hydrogen-bond donors (Lipinski definition) is 0. The molecule has 1 fully saturated rings. The monoisotopic (exact) mass is 371 g/mol. The van der Waals surface area contributed by atoms with E-state index in [9.17, 15) is 4.79 Å². The summed E-state index contributed by atoms with van der Waals surface area (Å²) in [5.41, 5.74) is 1.09. The number of benzene rings is 2. The van der Waals surface area contributed by atoms with E-state index in [4.69, 9.17) is 9.57 Å². The summed E-state index contributed by atoms with van der Waals surface area (Å²) in [6.45, 7) is 2.64. The van der Waals surface area contributed by atoms with Gasteiger partial charge in [0.25, 0.3) is 0 Å². The summed E-state index contributed by atoms with van der Waals surface area (Å²) in [6.07, 6.45) is -0.153. The molecule has 26 heavy (non-hydrogen) atoms. The Hall–Kier alpha value is -1.66. The van der Waals surface area contributed by atoms with E-state index in [1.54, 1.807) is 16.8 Å². The van der Waals surface area contributed by atoms with E-state index in [1.165, 1.54) is 4.90 Å². The molecule has 1 aliphatic rings. The second-order valence-corrected chi connectivity index (χ2v) is 7.59. The SMILES string of the molecule is C[C@H]1ON(C)[C@@H](c2ccccc2)[C@@H]1C(=O)COCCSc1ccccc1. The maximum atomic E-state index is 12.8. The lowest BCUT2D eigenvalue weighted by molar-refractivity contribution is -0.140. The van der Waals surface area contributed by atoms with Gasteiger partial charge in [-0.05, 0) is 24.6 Å². The summed E-state index contributed by atoms with van der Waals surface area (Å²) >= 11 is 1.73. The van der Waals surface area contributed by atoms with Gasteiger partial charge in [0.05, 0.1) is 24.7 Å². The minimum atomic E-state index is -0.218. The van der Waals surface area contributed by atoms with Crippen LogP contribution in [0.15, 0.2) is 65.6 Å². The number of ether oxygens (including phenoxy) is 1. The molecule has 0 radical (unpaired) electrons. The first-order valence-electron chi connectivity index (χ1n) is 8.89. The number of hydroxylamine groups is 2. The quantitative estimate of drug-likeness (QED) is 0.518. The van der Waals surface area contributed by atoms with E-state index in [0.717, 1.165) is 11.3 Å². The van der Waals surface area contributed by atoms with Gasteiger partial charge in [-0.15, -0.1) is 11.8 Å². The molecule has 1 saturated heterocycles. The Bertz CT molecular complexity index is 695. The molecule has 0 unspecified atom stereocenters. The van der Waals surface area contributed by atoms with Crippen LogP contribution in [0.3, 0.4) is 0 Å². The predicted molar refractivity (Wildman–Crippen MR) is 104 cm³/mol. The number of carbonyl (C=O) groups excluding carboxylic acids is 1. The molecule has 2 aromatic carbocycles. The Labute approximate surface area is 159 Å². The van der Waals surface area contributed by atoms with Crippen molar-refractivity contribution in [3.8, 4) is 0 Å². The van der Waals surface area contributed by atoms with Crippen molar-refractivity contribution in [3.05, 3.63) is 66.2 Å². The fourth-order valence-corrected chi connectivity index (χ4v) is 4.17. The van der Waals surface area contributed by atoms with Crippen molar-refractivity contribution in [1.82, 2.24) is 5.06 Å². The van der Waals surface area contributed by atoms with E-state index in [1.807, 2.05) is 62.5 Å². The van der Waals surface area contributed by atoms with Crippen LogP contribution < -0.4 is 0 Å². The molecule has 0 amide bonds. The summed E-state index contributed by atoms with van der Waals surface area (Å²) in [5.74, 6) is 0.709. The third-order valence-electron chi connectivity index (χ3n) is 4.57. The molecule has 5 heteroatoms. The molecule has 0 N–H and O–H groups in total. The lowest BCUT2D eigenvalue weighted by Gasteiger charge is -2.22. The molecule has 138 valence electrons. The number of carbonyl (C=O) groups is 1. The highest BCUT2D eigenvalue weighted by Gasteiger charge is 2.44. The number of hydrogen-bond acceptors (Lipinski definition) is 5.